The van der Waals surface area contributed by atoms with Crippen molar-refractivity contribution in [2.45, 2.75) is 103 Å². The molecule has 23 heavy (non-hydrogen) atoms. The van der Waals surface area contributed by atoms with Gasteiger partial charge in [0, 0.05) is 0 Å². The lowest BCUT2D eigenvalue weighted by Gasteiger charge is -2.58. The predicted molar refractivity (Wildman–Crippen MR) is 105 cm³/mol. The van der Waals surface area contributed by atoms with Crippen LogP contribution in [0, 0.1) is 0 Å². The van der Waals surface area contributed by atoms with Crippen molar-refractivity contribution in [1.29, 1.82) is 0 Å². The minimum Gasteiger partial charge on any atom is -0.312 e. The van der Waals surface area contributed by atoms with E-state index in [1.807, 2.05) is 0 Å². The van der Waals surface area contributed by atoms with E-state index >= 15 is 0 Å². The average Bonchev–Trinajstić information content (AvgIpc) is 2.63. The summed E-state index contributed by atoms with van der Waals surface area (Å²) in [6.45, 7) is 14.8. The number of hydrogen-bond acceptors (Lipinski definition) is 2. The van der Waals surface area contributed by atoms with Crippen LogP contribution in [0.3, 0.4) is 0 Å². The van der Waals surface area contributed by atoms with Crippen LogP contribution >= 0.6 is 0 Å². The van der Waals surface area contributed by atoms with Crippen LogP contribution in [0.1, 0.15) is 91.9 Å². The van der Waals surface area contributed by atoms with Crippen LogP contribution in [0.4, 0.5) is 0 Å². The van der Waals surface area contributed by atoms with Crippen molar-refractivity contribution in [3.63, 3.8) is 0 Å². The van der Waals surface area contributed by atoms with Crippen molar-refractivity contribution < 1.29 is 0 Å². The highest BCUT2D eigenvalue weighted by Gasteiger charge is 2.54. The van der Waals surface area contributed by atoms with Crippen LogP contribution < -0.4 is 0 Å². The quantitative estimate of drug-likeness (QED) is 0.517. The molecule has 0 spiro atoms. The molecule has 0 bridgehead atoms. The molecule has 0 aromatic carbocycles. The number of nitrogens with zero attached hydrogens (tertiary/aromatic N) is 2. The predicted octanol–water partition coefficient (Wildman–Crippen LogP) is 5.78. The lowest BCUT2D eigenvalue weighted by atomic mass is 9.99. The van der Waals surface area contributed by atoms with E-state index in [1.165, 1.54) is 90.4 Å². The van der Waals surface area contributed by atoms with Gasteiger partial charge in [-0.05, 0) is 37.3 Å². The van der Waals surface area contributed by atoms with Gasteiger partial charge in [0.1, 0.15) is 0 Å². The lowest BCUT2D eigenvalue weighted by Crippen LogP contribution is -2.71. The van der Waals surface area contributed by atoms with Gasteiger partial charge >= 0.3 is 0 Å². The highest BCUT2D eigenvalue weighted by atomic mass is 28.4. The zero-order chi connectivity index (χ0) is 16.7. The summed E-state index contributed by atoms with van der Waals surface area (Å²) in [6.07, 6.45) is 15.0. The molecular weight excluding hydrogens is 296 g/mol. The Bertz CT molecular complexity index is 282. The van der Waals surface area contributed by atoms with E-state index in [2.05, 4.69) is 36.8 Å². The van der Waals surface area contributed by atoms with E-state index in [1.54, 1.807) is 0 Å². The SMILES string of the molecule is CCN(CC)[Si](C1CCCCC1)(C1CCCCC1)N(CC)CC. The molecule has 0 atom stereocenters. The molecule has 2 saturated carbocycles. The Labute approximate surface area is 147 Å². The van der Waals surface area contributed by atoms with Gasteiger partial charge in [0.15, 0.2) is 0 Å². The van der Waals surface area contributed by atoms with E-state index < -0.39 is 8.40 Å². The molecule has 0 saturated heterocycles. The Kier molecular flexibility index (Phi) is 8.10. The molecule has 0 unspecified atom stereocenters. The molecule has 0 heterocycles. The average molecular weight is 339 g/mol. The maximum atomic E-state index is 3.02. The van der Waals surface area contributed by atoms with Gasteiger partial charge in [0.2, 0.25) is 8.40 Å². The Morgan fingerprint density at radius 3 is 1.13 bits per heavy atom. The van der Waals surface area contributed by atoms with Crippen molar-refractivity contribution >= 4 is 8.40 Å². The van der Waals surface area contributed by atoms with Crippen molar-refractivity contribution in [2.24, 2.45) is 0 Å². The summed E-state index contributed by atoms with van der Waals surface area (Å²) in [7, 11) is -1.59. The second-order valence-electron chi connectivity index (χ2n) is 7.80. The summed E-state index contributed by atoms with van der Waals surface area (Å²) in [5.41, 5.74) is 2.05. The Morgan fingerprint density at radius 1 is 0.565 bits per heavy atom. The molecule has 2 nitrogen and oxygen atoms in total. The highest BCUT2D eigenvalue weighted by Crippen LogP contribution is 2.51. The minimum atomic E-state index is -1.59. The topological polar surface area (TPSA) is 6.48 Å². The van der Waals surface area contributed by atoms with E-state index in [9.17, 15) is 0 Å². The molecule has 0 radical (unpaired) electrons. The Hall–Kier alpha value is 0.137. The molecule has 0 aliphatic heterocycles. The number of hydrogen-bond donors (Lipinski definition) is 0. The summed E-state index contributed by atoms with van der Waals surface area (Å²) in [5.74, 6) is 0. The van der Waals surface area contributed by atoms with Crippen LogP contribution in [0.15, 0.2) is 0 Å². The smallest absolute Gasteiger partial charge is 0.213 e. The molecule has 0 amide bonds. The van der Waals surface area contributed by atoms with Gasteiger partial charge in [-0.2, -0.15) is 0 Å². The minimum absolute atomic E-state index is 1.03. The lowest BCUT2D eigenvalue weighted by molar-refractivity contribution is 0.285. The largest absolute Gasteiger partial charge is 0.312 e. The molecule has 2 rings (SSSR count). The van der Waals surface area contributed by atoms with Gasteiger partial charge in [-0.3, -0.25) is 0 Å². The standard InChI is InChI=1S/C20H42N2Si/c1-5-21(6-2)23(22(7-3)8-4,19-15-11-9-12-16-19)20-17-13-10-14-18-20/h19-20H,5-18H2,1-4H3. The summed E-state index contributed by atoms with van der Waals surface area (Å²) in [6, 6.07) is 0. The first-order valence-electron chi connectivity index (χ1n) is 10.8. The first-order chi connectivity index (χ1) is 11.2. The zero-order valence-corrected chi connectivity index (χ0v) is 17.4. The molecule has 0 aromatic rings. The van der Waals surface area contributed by atoms with Crippen LogP contribution in [0.5, 0.6) is 0 Å². The monoisotopic (exact) mass is 338 g/mol. The van der Waals surface area contributed by atoms with E-state index in [-0.39, 0.29) is 0 Å². The van der Waals surface area contributed by atoms with Gasteiger partial charge in [-0.25, -0.2) is 0 Å². The van der Waals surface area contributed by atoms with E-state index in [4.69, 9.17) is 0 Å². The van der Waals surface area contributed by atoms with Gasteiger partial charge in [-0.15, -0.1) is 0 Å². The molecule has 0 N–H and O–H groups in total. The van der Waals surface area contributed by atoms with Crippen molar-refractivity contribution in [3.8, 4) is 0 Å². The first-order valence-corrected chi connectivity index (χ1v) is 12.8. The fourth-order valence-electron chi connectivity index (χ4n) is 6.08. The van der Waals surface area contributed by atoms with Crippen LogP contribution in [-0.4, -0.2) is 43.7 Å². The number of rotatable bonds is 8. The molecule has 2 aliphatic rings. The summed E-state index contributed by atoms with van der Waals surface area (Å²) < 4.78 is 6.04. The Morgan fingerprint density at radius 2 is 0.870 bits per heavy atom. The molecule has 3 heteroatoms. The van der Waals surface area contributed by atoms with Crippen LogP contribution in [-0.2, 0) is 0 Å². The maximum Gasteiger partial charge on any atom is 0.213 e. The Balaban J connectivity index is 2.45. The third kappa shape index (κ3) is 3.87. The molecule has 2 fully saturated rings. The summed E-state index contributed by atoms with van der Waals surface area (Å²) in [4.78, 5) is 0. The maximum absolute atomic E-state index is 3.02. The molecule has 136 valence electrons. The summed E-state index contributed by atoms with van der Waals surface area (Å²) >= 11 is 0. The fourth-order valence-corrected chi connectivity index (χ4v) is 13.8. The van der Waals surface area contributed by atoms with Crippen molar-refractivity contribution in [3.05, 3.63) is 0 Å². The van der Waals surface area contributed by atoms with Crippen LogP contribution in [0.2, 0.25) is 11.1 Å². The molecule has 2 aliphatic carbocycles. The normalized spacial score (nSPS) is 22.2. The molecular formula is C20H42N2Si. The summed E-state index contributed by atoms with van der Waals surface area (Å²) in [5, 5.41) is 0. The first kappa shape index (κ1) is 19.5. The molecule has 0 aromatic heterocycles. The third-order valence-electron chi connectivity index (χ3n) is 6.95. The van der Waals surface area contributed by atoms with E-state index in [0.29, 0.717) is 0 Å². The van der Waals surface area contributed by atoms with Gasteiger partial charge in [0.25, 0.3) is 0 Å². The van der Waals surface area contributed by atoms with Crippen molar-refractivity contribution in [1.82, 2.24) is 9.13 Å². The highest BCUT2D eigenvalue weighted by molar-refractivity contribution is 6.77. The fraction of sp³-hybridized carbons (Fsp3) is 1.00. The second-order valence-corrected chi connectivity index (χ2v) is 12.3. The second kappa shape index (κ2) is 9.58. The van der Waals surface area contributed by atoms with E-state index in [0.717, 1.165) is 11.1 Å². The third-order valence-corrected chi connectivity index (χ3v) is 13.8. The van der Waals surface area contributed by atoms with Gasteiger partial charge in [-0.1, -0.05) is 91.9 Å². The van der Waals surface area contributed by atoms with Crippen LogP contribution in [0.25, 0.3) is 0 Å². The zero-order valence-electron chi connectivity index (χ0n) is 16.4. The van der Waals surface area contributed by atoms with Gasteiger partial charge in [0.05, 0.1) is 0 Å². The van der Waals surface area contributed by atoms with Gasteiger partial charge < -0.3 is 9.13 Å². The van der Waals surface area contributed by atoms with Crippen molar-refractivity contribution in [2.75, 3.05) is 26.2 Å².